The van der Waals surface area contributed by atoms with Crippen LogP contribution in [0.25, 0.3) is 5.65 Å². The van der Waals surface area contributed by atoms with Crippen molar-refractivity contribution in [1.29, 1.82) is 0 Å². The van der Waals surface area contributed by atoms with E-state index in [4.69, 9.17) is 0 Å². The van der Waals surface area contributed by atoms with Crippen molar-refractivity contribution in [1.82, 2.24) is 19.8 Å². The van der Waals surface area contributed by atoms with Crippen molar-refractivity contribution in [3.05, 3.63) is 47.9 Å². The molecule has 2 aromatic heterocycles. The van der Waals surface area contributed by atoms with Crippen LogP contribution in [0.1, 0.15) is 18.2 Å². The van der Waals surface area contributed by atoms with Gasteiger partial charge in [-0.05, 0) is 36.6 Å². The first-order valence-electron chi connectivity index (χ1n) is 6.98. The number of aryl methyl sites for hydroxylation is 1. The number of aromatic hydroxyl groups is 1. The lowest BCUT2D eigenvalue weighted by Gasteiger charge is -2.09. The van der Waals surface area contributed by atoms with Gasteiger partial charge in [0, 0.05) is 6.54 Å². The van der Waals surface area contributed by atoms with Gasteiger partial charge in [-0.15, -0.1) is 10.2 Å². The predicted molar refractivity (Wildman–Crippen MR) is 80.5 cm³/mol. The number of aromatic nitrogens is 4. The molecular weight excluding hydrogens is 266 g/mol. The lowest BCUT2D eigenvalue weighted by atomic mass is 10.1. The molecular formula is C15H17N5O. The van der Waals surface area contributed by atoms with E-state index in [2.05, 4.69) is 27.5 Å². The minimum absolute atomic E-state index is 0.290. The zero-order chi connectivity index (χ0) is 14.7. The second-order valence-corrected chi connectivity index (χ2v) is 4.85. The average Bonchev–Trinajstić information content (AvgIpc) is 2.97. The van der Waals surface area contributed by atoms with Gasteiger partial charge in [0.1, 0.15) is 12.1 Å². The molecule has 0 aliphatic heterocycles. The minimum Gasteiger partial charge on any atom is -0.508 e. The molecule has 0 bridgehead atoms. The van der Waals surface area contributed by atoms with Crippen LogP contribution < -0.4 is 5.32 Å². The maximum Gasteiger partial charge on any atom is 0.200 e. The van der Waals surface area contributed by atoms with Crippen molar-refractivity contribution in [2.45, 2.75) is 19.8 Å². The normalized spacial score (nSPS) is 10.9. The first kappa shape index (κ1) is 13.4. The summed E-state index contributed by atoms with van der Waals surface area (Å²) >= 11 is 0. The summed E-state index contributed by atoms with van der Waals surface area (Å²) in [6.45, 7) is 2.85. The Kier molecular flexibility index (Phi) is 3.68. The number of hydrogen-bond donors (Lipinski definition) is 2. The number of anilines is 1. The highest BCUT2D eigenvalue weighted by Crippen LogP contribution is 2.16. The van der Waals surface area contributed by atoms with Gasteiger partial charge in [-0.3, -0.25) is 0 Å². The van der Waals surface area contributed by atoms with Crippen LogP contribution in [0.3, 0.4) is 0 Å². The second-order valence-electron chi connectivity index (χ2n) is 4.85. The standard InChI is InChI=1S/C15H17N5O/c1-2-12-9-14(15-18-17-10-20(15)19-12)16-8-7-11-3-5-13(21)6-4-11/h3-6,9-10,16,21H,2,7-8H2,1H3. The van der Waals surface area contributed by atoms with Gasteiger partial charge in [-0.2, -0.15) is 9.61 Å². The first-order chi connectivity index (χ1) is 10.3. The fourth-order valence-electron chi connectivity index (χ4n) is 2.19. The highest BCUT2D eigenvalue weighted by Gasteiger charge is 2.06. The third kappa shape index (κ3) is 2.94. The summed E-state index contributed by atoms with van der Waals surface area (Å²) in [6, 6.07) is 9.27. The van der Waals surface area contributed by atoms with E-state index in [9.17, 15) is 5.11 Å². The van der Waals surface area contributed by atoms with Gasteiger partial charge in [0.25, 0.3) is 0 Å². The fourth-order valence-corrected chi connectivity index (χ4v) is 2.19. The van der Waals surface area contributed by atoms with Crippen LogP contribution in [0.4, 0.5) is 5.69 Å². The molecule has 3 rings (SSSR count). The highest BCUT2D eigenvalue weighted by molar-refractivity contribution is 5.66. The number of phenols is 1. The van der Waals surface area contributed by atoms with Crippen molar-refractivity contribution in [2.75, 3.05) is 11.9 Å². The largest absolute Gasteiger partial charge is 0.508 e. The van der Waals surface area contributed by atoms with Crippen LogP contribution in [-0.4, -0.2) is 31.5 Å². The number of nitrogens with one attached hydrogen (secondary N) is 1. The molecule has 6 nitrogen and oxygen atoms in total. The number of benzene rings is 1. The van der Waals surface area contributed by atoms with Crippen molar-refractivity contribution in [3.63, 3.8) is 0 Å². The van der Waals surface area contributed by atoms with E-state index in [0.717, 1.165) is 36.4 Å². The molecule has 0 amide bonds. The summed E-state index contributed by atoms with van der Waals surface area (Å²) < 4.78 is 1.70. The van der Waals surface area contributed by atoms with E-state index in [1.54, 1.807) is 23.0 Å². The van der Waals surface area contributed by atoms with Gasteiger partial charge in [0.2, 0.25) is 5.65 Å². The Morgan fingerprint density at radius 1 is 1.24 bits per heavy atom. The molecule has 2 heterocycles. The van der Waals surface area contributed by atoms with Gasteiger partial charge >= 0.3 is 0 Å². The van der Waals surface area contributed by atoms with Crippen LogP contribution in [0.15, 0.2) is 36.7 Å². The Bertz CT molecular complexity index is 735. The Balaban J connectivity index is 1.72. The Hall–Kier alpha value is -2.63. The molecule has 0 radical (unpaired) electrons. The SMILES string of the molecule is CCc1cc(NCCc2ccc(O)cc2)c2nncn2n1. The molecule has 2 N–H and O–H groups in total. The van der Waals surface area contributed by atoms with Gasteiger partial charge in [-0.25, -0.2) is 0 Å². The molecule has 0 aliphatic rings. The molecule has 6 heteroatoms. The molecule has 0 saturated heterocycles. The van der Waals surface area contributed by atoms with Crippen molar-refractivity contribution in [3.8, 4) is 5.75 Å². The van der Waals surface area contributed by atoms with Crippen LogP contribution in [-0.2, 0) is 12.8 Å². The molecule has 0 spiro atoms. The van der Waals surface area contributed by atoms with Crippen LogP contribution >= 0.6 is 0 Å². The fraction of sp³-hybridized carbons (Fsp3) is 0.267. The van der Waals surface area contributed by atoms with E-state index in [-0.39, 0.29) is 0 Å². The molecule has 21 heavy (non-hydrogen) atoms. The molecule has 1 aromatic carbocycles. The van der Waals surface area contributed by atoms with E-state index in [0.29, 0.717) is 5.75 Å². The molecule has 108 valence electrons. The lowest BCUT2D eigenvalue weighted by molar-refractivity contribution is 0.475. The van der Waals surface area contributed by atoms with E-state index in [1.807, 2.05) is 18.2 Å². The second kappa shape index (κ2) is 5.78. The smallest absolute Gasteiger partial charge is 0.200 e. The molecule has 3 aromatic rings. The molecule has 0 aliphatic carbocycles. The molecule has 0 fully saturated rings. The Morgan fingerprint density at radius 3 is 2.81 bits per heavy atom. The molecule has 0 saturated carbocycles. The number of fused-ring (bicyclic) bond motifs is 1. The quantitative estimate of drug-likeness (QED) is 0.749. The van der Waals surface area contributed by atoms with Gasteiger partial charge < -0.3 is 10.4 Å². The van der Waals surface area contributed by atoms with Crippen molar-refractivity contribution in [2.24, 2.45) is 0 Å². The zero-order valence-corrected chi connectivity index (χ0v) is 11.8. The zero-order valence-electron chi connectivity index (χ0n) is 11.8. The Labute approximate surface area is 122 Å². The van der Waals surface area contributed by atoms with Crippen molar-refractivity contribution >= 4 is 11.3 Å². The maximum absolute atomic E-state index is 9.27. The predicted octanol–water partition coefficient (Wildman–Crippen LogP) is 2.05. The number of rotatable bonds is 5. The lowest BCUT2D eigenvalue weighted by Crippen LogP contribution is -2.08. The average molecular weight is 283 g/mol. The summed E-state index contributed by atoms with van der Waals surface area (Å²) in [5.74, 6) is 0.290. The topological polar surface area (TPSA) is 75.3 Å². The van der Waals surface area contributed by atoms with Gasteiger partial charge in [-0.1, -0.05) is 19.1 Å². The highest BCUT2D eigenvalue weighted by atomic mass is 16.3. The Morgan fingerprint density at radius 2 is 2.05 bits per heavy atom. The summed E-state index contributed by atoms with van der Waals surface area (Å²) in [5, 5.41) is 25.1. The third-order valence-corrected chi connectivity index (χ3v) is 3.35. The van der Waals surface area contributed by atoms with Crippen LogP contribution in [0.2, 0.25) is 0 Å². The van der Waals surface area contributed by atoms with E-state index >= 15 is 0 Å². The molecule has 0 atom stereocenters. The maximum atomic E-state index is 9.27. The van der Waals surface area contributed by atoms with Crippen molar-refractivity contribution < 1.29 is 5.11 Å². The van der Waals surface area contributed by atoms with Crippen LogP contribution in [0.5, 0.6) is 5.75 Å². The summed E-state index contributed by atoms with van der Waals surface area (Å²) in [7, 11) is 0. The minimum atomic E-state index is 0.290. The first-order valence-corrected chi connectivity index (χ1v) is 6.98. The van der Waals surface area contributed by atoms with Gasteiger partial charge in [0.05, 0.1) is 11.4 Å². The summed E-state index contributed by atoms with van der Waals surface area (Å²) in [4.78, 5) is 0. The van der Waals surface area contributed by atoms with Crippen LogP contribution in [0, 0.1) is 0 Å². The van der Waals surface area contributed by atoms with Gasteiger partial charge in [0.15, 0.2) is 0 Å². The summed E-state index contributed by atoms with van der Waals surface area (Å²) in [6.07, 6.45) is 3.34. The molecule has 0 unspecified atom stereocenters. The number of nitrogens with zero attached hydrogens (tertiary/aromatic N) is 4. The summed E-state index contributed by atoms with van der Waals surface area (Å²) in [5.41, 5.74) is 3.84. The number of phenolic OH excluding ortho intramolecular Hbond substituents is 1. The van der Waals surface area contributed by atoms with E-state index < -0.39 is 0 Å². The third-order valence-electron chi connectivity index (χ3n) is 3.35. The number of hydrogen-bond acceptors (Lipinski definition) is 5. The monoisotopic (exact) mass is 283 g/mol. The van der Waals surface area contributed by atoms with E-state index in [1.165, 1.54) is 5.56 Å².